The molecule has 0 aromatic heterocycles. The molecule has 2 rings (SSSR count). The van der Waals surface area contributed by atoms with E-state index in [4.69, 9.17) is 4.99 Å². The largest absolute Gasteiger partial charge is 0.352 e. The third-order valence-corrected chi connectivity index (χ3v) is 3.72. The van der Waals surface area contributed by atoms with E-state index in [1.54, 1.807) is 0 Å². The molecule has 0 fully saturated rings. The molecule has 1 N–H and O–H groups in total. The van der Waals surface area contributed by atoms with Crippen LogP contribution in [0.25, 0.3) is 0 Å². The van der Waals surface area contributed by atoms with Crippen molar-refractivity contribution in [1.29, 1.82) is 0 Å². The van der Waals surface area contributed by atoms with Crippen LogP contribution in [0.3, 0.4) is 0 Å². The smallest absolute Gasteiger partial charge is 0.194 e. The van der Waals surface area contributed by atoms with E-state index in [1.807, 2.05) is 37.2 Å². The summed E-state index contributed by atoms with van der Waals surface area (Å²) in [7, 11) is 8.22. The van der Waals surface area contributed by atoms with Gasteiger partial charge in [-0.1, -0.05) is 54.6 Å². The second-order valence-electron chi connectivity index (χ2n) is 6.38. The fourth-order valence-corrected chi connectivity index (χ4v) is 2.50. The number of hydrogen-bond donors (Lipinski definition) is 1. The van der Waals surface area contributed by atoms with Crippen LogP contribution in [0.15, 0.2) is 59.6 Å². The molecule has 0 saturated carbocycles. The van der Waals surface area contributed by atoms with Crippen molar-refractivity contribution in [2.75, 3.05) is 28.2 Å². The molecule has 0 aliphatic heterocycles. The molecule has 24 heavy (non-hydrogen) atoms. The highest BCUT2D eigenvalue weighted by molar-refractivity contribution is 5.79. The van der Waals surface area contributed by atoms with Crippen molar-refractivity contribution in [3.8, 4) is 0 Å². The summed E-state index contributed by atoms with van der Waals surface area (Å²) in [6, 6.07) is 18.9. The van der Waals surface area contributed by atoms with Crippen molar-refractivity contribution in [3.63, 3.8) is 0 Å². The van der Waals surface area contributed by atoms with Gasteiger partial charge >= 0.3 is 0 Å². The molecule has 4 heteroatoms. The fraction of sp³-hybridized carbons (Fsp3) is 0.350. The second-order valence-corrected chi connectivity index (χ2v) is 6.38. The topological polar surface area (TPSA) is 30.9 Å². The molecule has 0 saturated heterocycles. The number of nitrogens with one attached hydrogen (secondary N) is 1. The van der Waals surface area contributed by atoms with Gasteiger partial charge < -0.3 is 15.1 Å². The summed E-state index contributed by atoms with van der Waals surface area (Å²) in [6.45, 7) is 2.40. The summed E-state index contributed by atoms with van der Waals surface area (Å²) in [4.78, 5) is 8.94. The van der Waals surface area contributed by atoms with Crippen molar-refractivity contribution in [1.82, 2.24) is 15.1 Å². The third kappa shape index (κ3) is 5.70. The minimum atomic E-state index is 0.681. The zero-order chi connectivity index (χ0) is 17.4. The second kappa shape index (κ2) is 9.08. The lowest BCUT2D eigenvalue weighted by atomic mass is 10.1. The Morgan fingerprint density at radius 2 is 1.50 bits per heavy atom. The van der Waals surface area contributed by atoms with Gasteiger partial charge in [0.25, 0.3) is 0 Å². The summed E-state index contributed by atoms with van der Waals surface area (Å²) >= 11 is 0. The number of hydrogen-bond acceptors (Lipinski definition) is 2. The lowest BCUT2D eigenvalue weighted by Crippen LogP contribution is -2.36. The predicted octanol–water partition coefficient (Wildman–Crippen LogP) is 2.96. The number of aliphatic imine (C=N–C) groups is 1. The maximum absolute atomic E-state index is 4.72. The van der Waals surface area contributed by atoms with Gasteiger partial charge in [-0.3, -0.25) is 0 Å². The van der Waals surface area contributed by atoms with E-state index in [-0.39, 0.29) is 0 Å². The van der Waals surface area contributed by atoms with Crippen LogP contribution < -0.4 is 5.32 Å². The molecule has 128 valence electrons. The van der Waals surface area contributed by atoms with Gasteiger partial charge in [-0.2, -0.15) is 0 Å². The average Bonchev–Trinajstić information content (AvgIpc) is 2.56. The number of rotatable bonds is 6. The molecule has 0 heterocycles. The summed E-state index contributed by atoms with van der Waals surface area (Å²) < 4.78 is 0. The van der Waals surface area contributed by atoms with Gasteiger partial charge in [-0.05, 0) is 30.8 Å². The first-order valence-corrected chi connectivity index (χ1v) is 8.27. The van der Waals surface area contributed by atoms with Gasteiger partial charge in [0, 0.05) is 27.2 Å². The van der Waals surface area contributed by atoms with Gasteiger partial charge in [0.15, 0.2) is 5.96 Å². The summed E-state index contributed by atoms with van der Waals surface area (Å²) in [6.07, 6.45) is 0. The standard InChI is InChI=1S/C20H28N4/c1-23(2)16-19-13-9-8-12-18(19)15-22-20(24(3)4)21-14-17-10-6-5-7-11-17/h5-13H,14-16H2,1-4H3,(H,21,22). The minimum Gasteiger partial charge on any atom is -0.352 e. The first kappa shape index (κ1) is 18.0. The maximum Gasteiger partial charge on any atom is 0.194 e. The minimum absolute atomic E-state index is 0.681. The summed E-state index contributed by atoms with van der Waals surface area (Å²) in [5.41, 5.74) is 3.86. The monoisotopic (exact) mass is 324 g/mol. The molecule has 0 bridgehead atoms. The zero-order valence-electron chi connectivity index (χ0n) is 15.2. The van der Waals surface area contributed by atoms with E-state index in [1.165, 1.54) is 16.7 Å². The fourth-order valence-electron chi connectivity index (χ4n) is 2.50. The van der Waals surface area contributed by atoms with Crippen molar-refractivity contribution < 1.29 is 0 Å². The molecule has 4 nitrogen and oxygen atoms in total. The molecule has 2 aromatic carbocycles. The summed E-state index contributed by atoms with van der Waals surface area (Å²) in [5, 5.41) is 3.48. The zero-order valence-corrected chi connectivity index (χ0v) is 15.2. The van der Waals surface area contributed by atoms with E-state index < -0.39 is 0 Å². The van der Waals surface area contributed by atoms with Gasteiger partial charge in [-0.15, -0.1) is 0 Å². The third-order valence-electron chi connectivity index (χ3n) is 3.72. The Bertz CT molecular complexity index is 648. The molecule has 0 spiro atoms. The van der Waals surface area contributed by atoms with Crippen molar-refractivity contribution in [2.24, 2.45) is 4.99 Å². The highest BCUT2D eigenvalue weighted by atomic mass is 15.3. The van der Waals surface area contributed by atoms with Crippen LogP contribution in [0, 0.1) is 0 Å². The predicted molar refractivity (Wildman–Crippen MR) is 102 cm³/mol. The van der Waals surface area contributed by atoms with E-state index in [0.29, 0.717) is 6.54 Å². The Morgan fingerprint density at radius 1 is 0.875 bits per heavy atom. The van der Waals surface area contributed by atoms with Crippen LogP contribution in [-0.2, 0) is 19.6 Å². The molecular weight excluding hydrogens is 296 g/mol. The molecule has 0 radical (unpaired) electrons. The van der Waals surface area contributed by atoms with E-state index in [0.717, 1.165) is 19.0 Å². The van der Waals surface area contributed by atoms with E-state index in [9.17, 15) is 0 Å². The average molecular weight is 324 g/mol. The molecule has 0 unspecified atom stereocenters. The molecule has 0 aliphatic carbocycles. The molecule has 0 aliphatic rings. The van der Waals surface area contributed by atoms with Crippen LogP contribution >= 0.6 is 0 Å². The van der Waals surface area contributed by atoms with Gasteiger partial charge in [0.2, 0.25) is 0 Å². The van der Waals surface area contributed by atoms with Crippen molar-refractivity contribution in [2.45, 2.75) is 19.6 Å². The molecule has 0 atom stereocenters. The van der Waals surface area contributed by atoms with Gasteiger partial charge in [0.1, 0.15) is 0 Å². The Morgan fingerprint density at radius 3 is 2.12 bits per heavy atom. The highest BCUT2D eigenvalue weighted by Gasteiger charge is 2.06. The lowest BCUT2D eigenvalue weighted by molar-refractivity contribution is 0.400. The Labute approximate surface area is 145 Å². The van der Waals surface area contributed by atoms with Crippen LogP contribution in [0.4, 0.5) is 0 Å². The lowest BCUT2D eigenvalue weighted by Gasteiger charge is -2.20. The first-order chi connectivity index (χ1) is 11.6. The highest BCUT2D eigenvalue weighted by Crippen LogP contribution is 2.10. The Balaban J connectivity index is 2.04. The van der Waals surface area contributed by atoms with E-state index >= 15 is 0 Å². The van der Waals surface area contributed by atoms with Crippen molar-refractivity contribution >= 4 is 5.96 Å². The van der Waals surface area contributed by atoms with Crippen LogP contribution in [0.5, 0.6) is 0 Å². The van der Waals surface area contributed by atoms with Gasteiger partial charge in [0.05, 0.1) is 6.54 Å². The normalized spacial score (nSPS) is 11.6. The number of nitrogens with zero attached hydrogens (tertiary/aromatic N) is 3. The van der Waals surface area contributed by atoms with Gasteiger partial charge in [-0.25, -0.2) is 4.99 Å². The van der Waals surface area contributed by atoms with Crippen LogP contribution in [-0.4, -0.2) is 44.0 Å². The van der Waals surface area contributed by atoms with Crippen LogP contribution in [0.1, 0.15) is 16.7 Å². The Kier molecular flexibility index (Phi) is 6.82. The van der Waals surface area contributed by atoms with Crippen molar-refractivity contribution in [3.05, 3.63) is 71.3 Å². The molecule has 0 amide bonds. The van der Waals surface area contributed by atoms with E-state index in [2.05, 4.69) is 60.7 Å². The quantitative estimate of drug-likeness (QED) is 0.655. The summed E-state index contributed by atoms with van der Waals surface area (Å²) in [5.74, 6) is 0.901. The first-order valence-electron chi connectivity index (χ1n) is 8.27. The maximum atomic E-state index is 4.72. The molecule has 2 aromatic rings. The number of guanidine groups is 1. The number of benzene rings is 2. The molecular formula is C20H28N4. The Hall–Kier alpha value is -2.33. The SMILES string of the molecule is CN(C)Cc1ccccc1CNC(=NCc1ccccc1)N(C)C. The van der Waals surface area contributed by atoms with Crippen LogP contribution in [0.2, 0.25) is 0 Å².